The van der Waals surface area contributed by atoms with Crippen LogP contribution in [0.3, 0.4) is 0 Å². The number of benzene rings is 1. The average molecular weight is 232 g/mol. The highest BCUT2D eigenvalue weighted by molar-refractivity contribution is 5.77. The van der Waals surface area contributed by atoms with Crippen LogP contribution in [0.2, 0.25) is 0 Å². The van der Waals surface area contributed by atoms with Crippen LogP contribution in [0.15, 0.2) is 18.2 Å². The summed E-state index contributed by atoms with van der Waals surface area (Å²) in [7, 11) is 3.58. The molecule has 0 bridgehead atoms. The number of likely N-dealkylation sites (N-methyl/N-ethyl adjacent to an activating group) is 1. The number of carbonyl (C=O) groups is 1. The first-order chi connectivity index (χ1) is 8.09. The number of rotatable bonds is 3. The second-order valence-corrected chi connectivity index (χ2v) is 4.90. The Balaban J connectivity index is 2.03. The van der Waals surface area contributed by atoms with E-state index in [1.807, 2.05) is 0 Å². The lowest BCUT2D eigenvalue weighted by atomic mass is 10.0. The molecule has 92 valence electrons. The van der Waals surface area contributed by atoms with Crippen LogP contribution in [0.4, 0.5) is 0 Å². The third kappa shape index (κ3) is 2.50. The summed E-state index contributed by atoms with van der Waals surface area (Å²) in [6, 6.07) is 6.77. The third-order valence-electron chi connectivity index (χ3n) is 3.50. The SMILES string of the molecule is Cc1cccc2c1CCC2NCC(=O)N(C)C. The van der Waals surface area contributed by atoms with E-state index in [2.05, 4.69) is 30.4 Å². The lowest BCUT2D eigenvalue weighted by molar-refractivity contribution is -0.127. The van der Waals surface area contributed by atoms with E-state index in [9.17, 15) is 4.79 Å². The molecule has 1 aromatic rings. The van der Waals surface area contributed by atoms with Gasteiger partial charge in [0.25, 0.3) is 0 Å². The van der Waals surface area contributed by atoms with E-state index in [1.165, 1.54) is 16.7 Å². The summed E-state index contributed by atoms with van der Waals surface area (Å²) >= 11 is 0. The predicted molar refractivity (Wildman–Crippen MR) is 68.9 cm³/mol. The van der Waals surface area contributed by atoms with Crippen LogP contribution < -0.4 is 5.32 Å². The maximum Gasteiger partial charge on any atom is 0.236 e. The number of hydrogen-bond donors (Lipinski definition) is 1. The van der Waals surface area contributed by atoms with Crippen LogP contribution in [0.1, 0.15) is 29.2 Å². The maximum atomic E-state index is 11.5. The first-order valence-corrected chi connectivity index (χ1v) is 6.11. The van der Waals surface area contributed by atoms with Gasteiger partial charge in [0.05, 0.1) is 6.54 Å². The minimum absolute atomic E-state index is 0.131. The number of carbonyl (C=O) groups excluding carboxylic acids is 1. The number of nitrogens with one attached hydrogen (secondary N) is 1. The van der Waals surface area contributed by atoms with E-state index in [0.717, 1.165) is 12.8 Å². The van der Waals surface area contributed by atoms with Gasteiger partial charge in [0, 0.05) is 20.1 Å². The second kappa shape index (κ2) is 4.88. The number of nitrogens with zero attached hydrogens (tertiary/aromatic N) is 1. The van der Waals surface area contributed by atoms with Gasteiger partial charge in [-0.25, -0.2) is 0 Å². The van der Waals surface area contributed by atoms with Crippen LogP contribution >= 0.6 is 0 Å². The standard InChI is InChI=1S/C14H20N2O/c1-10-5-4-6-12-11(10)7-8-13(12)15-9-14(17)16(2)3/h4-6,13,15H,7-9H2,1-3H3. The Morgan fingerprint density at radius 3 is 2.94 bits per heavy atom. The first kappa shape index (κ1) is 12.1. The first-order valence-electron chi connectivity index (χ1n) is 6.11. The van der Waals surface area contributed by atoms with Crippen molar-refractivity contribution in [2.24, 2.45) is 0 Å². The molecule has 0 aliphatic heterocycles. The second-order valence-electron chi connectivity index (χ2n) is 4.90. The fourth-order valence-corrected chi connectivity index (χ4v) is 2.42. The zero-order valence-corrected chi connectivity index (χ0v) is 10.8. The van der Waals surface area contributed by atoms with E-state index in [-0.39, 0.29) is 5.91 Å². The molecule has 1 aliphatic rings. The number of aryl methyl sites for hydroxylation is 1. The van der Waals surface area contributed by atoms with Gasteiger partial charge in [-0.05, 0) is 36.5 Å². The van der Waals surface area contributed by atoms with Gasteiger partial charge >= 0.3 is 0 Å². The number of hydrogen-bond acceptors (Lipinski definition) is 2. The van der Waals surface area contributed by atoms with Gasteiger partial charge in [0.15, 0.2) is 0 Å². The van der Waals surface area contributed by atoms with Crippen molar-refractivity contribution in [1.29, 1.82) is 0 Å². The molecule has 3 heteroatoms. The van der Waals surface area contributed by atoms with Crippen molar-refractivity contribution in [3.63, 3.8) is 0 Å². The van der Waals surface area contributed by atoms with Gasteiger partial charge in [-0.3, -0.25) is 4.79 Å². The van der Waals surface area contributed by atoms with Gasteiger partial charge < -0.3 is 10.2 Å². The molecule has 1 aromatic carbocycles. The largest absolute Gasteiger partial charge is 0.348 e. The minimum Gasteiger partial charge on any atom is -0.348 e. The summed E-state index contributed by atoms with van der Waals surface area (Å²) in [5.74, 6) is 0.131. The van der Waals surface area contributed by atoms with E-state index in [0.29, 0.717) is 12.6 Å². The molecule has 0 saturated heterocycles. The Hall–Kier alpha value is -1.35. The fourth-order valence-electron chi connectivity index (χ4n) is 2.42. The molecule has 2 rings (SSSR count). The molecule has 3 nitrogen and oxygen atoms in total. The van der Waals surface area contributed by atoms with Crippen molar-refractivity contribution >= 4 is 5.91 Å². The predicted octanol–water partition coefficient (Wildman–Crippen LogP) is 1.66. The molecule has 0 radical (unpaired) electrons. The average Bonchev–Trinajstić information content (AvgIpc) is 2.70. The molecule has 1 atom stereocenters. The highest BCUT2D eigenvalue weighted by atomic mass is 16.2. The van der Waals surface area contributed by atoms with E-state index in [4.69, 9.17) is 0 Å². The van der Waals surface area contributed by atoms with Crippen LogP contribution in [0.5, 0.6) is 0 Å². The van der Waals surface area contributed by atoms with Gasteiger partial charge in [0.1, 0.15) is 0 Å². The van der Waals surface area contributed by atoms with Crippen molar-refractivity contribution in [3.8, 4) is 0 Å². The van der Waals surface area contributed by atoms with Crippen LogP contribution in [0.25, 0.3) is 0 Å². The van der Waals surface area contributed by atoms with Gasteiger partial charge in [-0.15, -0.1) is 0 Å². The van der Waals surface area contributed by atoms with E-state index in [1.54, 1.807) is 19.0 Å². The highest BCUT2D eigenvalue weighted by Gasteiger charge is 2.23. The quantitative estimate of drug-likeness (QED) is 0.859. The van der Waals surface area contributed by atoms with Gasteiger partial charge in [-0.2, -0.15) is 0 Å². The van der Waals surface area contributed by atoms with Crippen LogP contribution in [0, 0.1) is 6.92 Å². The maximum absolute atomic E-state index is 11.5. The van der Waals surface area contributed by atoms with Gasteiger partial charge in [-0.1, -0.05) is 18.2 Å². The summed E-state index contributed by atoms with van der Waals surface area (Å²) in [6.45, 7) is 2.58. The molecule has 0 spiro atoms. The summed E-state index contributed by atoms with van der Waals surface area (Å²) in [5.41, 5.74) is 4.20. The monoisotopic (exact) mass is 232 g/mol. The Labute approximate surface area is 103 Å². The lowest BCUT2D eigenvalue weighted by Crippen LogP contribution is -2.34. The molecule has 0 aromatic heterocycles. The van der Waals surface area contributed by atoms with Crippen molar-refractivity contribution in [1.82, 2.24) is 10.2 Å². The summed E-state index contributed by atoms with van der Waals surface area (Å²) in [5, 5.41) is 3.35. The van der Waals surface area contributed by atoms with Crippen molar-refractivity contribution in [2.75, 3.05) is 20.6 Å². The zero-order chi connectivity index (χ0) is 12.4. The highest BCUT2D eigenvalue weighted by Crippen LogP contribution is 2.32. The fraction of sp³-hybridized carbons (Fsp3) is 0.500. The molecule has 0 saturated carbocycles. The van der Waals surface area contributed by atoms with Crippen LogP contribution in [-0.4, -0.2) is 31.4 Å². The minimum atomic E-state index is 0.131. The topological polar surface area (TPSA) is 32.3 Å². The molecular formula is C14H20N2O. The summed E-state index contributed by atoms with van der Waals surface area (Å²) in [6.07, 6.45) is 2.22. The molecule has 1 N–H and O–H groups in total. The smallest absolute Gasteiger partial charge is 0.236 e. The normalized spacial score (nSPS) is 17.9. The number of amides is 1. The van der Waals surface area contributed by atoms with Crippen LogP contribution in [-0.2, 0) is 11.2 Å². The Morgan fingerprint density at radius 1 is 1.47 bits per heavy atom. The van der Waals surface area contributed by atoms with Crippen molar-refractivity contribution in [3.05, 3.63) is 34.9 Å². The molecular weight excluding hydrogens is 212 g/mol. The molecule has 17 heavy (non-hydrogen) atoms. The third-order valence-corrected chi connectivity index (χ3v) is 3.50. The molecule has 0 heterocycles. The summed E-state index contributed by atoms with van der Waals surface area (Å²) in [4.78, 5) is 13.2. The number of fused-ring (bicyclic) bond motifs is 1. The molecule has 1 amide bonds. The Kier molecular flexibility index (Phi) is 3.48. The van der Waals surface area contributed by atoms with Crippen molar-refractivity contribution in [2.45, 2.75) is 25.8 Å². The lowest BCUT2D eigenvalue weighted by Gasteiger charge is -2.16. The molecule has 1 unspecified atom stereocenters. The Morgan fingerprint density at radius 2 is 2.24 bits per heavy atom. The van der Waals surface area contributed by atoms with Crippen molar-refractivity contribution < 1.29 is 4.79 Å². The zero-order valence-electron chi connectivity index (χ0n) is 10.8. The van der Waals surface area contributed by atoms with E-state index >= 15 is 0 Å². The molecule has 0 fully saturated rings. The van der Waals surface area contributed by atoms with E-state index < -0.39 is 0 Å². The molecule has 1 aliphatic carbocycles. The van der Waals surface area contributed by atoms with Gasteiger partial charge in [0.2, 0.25) is 5.91 Å². The Bertz CT molecular complexity index is 426. The summed E-state index contributed by atoms with van der Waals surface area (Å²) < 4.78 is 0.